The van der Waals surface area contributed by atoms with Gasteiger partial charge in [-0.2, -0.15) is 0 Å². The molecular formula is C19H24ClN. The zero-order chi connectivity index (χ0) is 15.1. The Hall–Kier alpha value is -1.31. The minimum absolute atomic E-state index is 0.364. The molecule has 0 amide bonds. The summed E-state index contributed by atoms with van der Waals surface area (Å²) in [5.74, 6) is 0. The molecule has 0 aliphatic rings. The lowest BCUT2D eigenvalue weighted by Gasteiger charge is -2.20. The fourth-order valence-corrected chi connectivity index (χ4v) is 2.82. The van der Waals surface area contributed by atoms with Crippen LogP contribution in [-0.2, 0) is 6.42 Å². The van der Waals surface area contributed by atoms with Crippen molar-refractivity contribution in [2.75, 3.05) is 6.54 Å². The first-order chi connectivity index (χ1) is 10.2. The summed E-state index contributed by atoms with van der Waals surface area (Å²) in [5.41, 5.74) is 4.09. The molecule has 1 unspecified atom stereocenters. The predicted octanol–water partition coefficient (Wildman–Crippen LogP) is 5.32. The van der Waals surface area contributed by atoms with E-state index in [9.17, 15) is 0 Å². The quantitative estimate of drug-likeness (QED) is 0.729. The molecule has 21 heavy (non-hydrogen) atoms. The van der Waals surface area contributed by atoms with Gasteiger partial charge in [-0.15, -0.1) is 0 Å². The van der Waals surface area contributed by atoms with Crippen molar-refractivity contribution in [2.24, 2.45) is 0 Å². The Morgan fingerprint density at radius 3 is 2.62 bits per heavy atom. The van der Waals surface area contributed by atoms with Gasteiger partial charge < -0.3 is 5.32 Å². The first kappa shape index (κ1) is 16.1. The molecule has 0 aromatic heterocycles. The first-order valence-electron chi connectivity index (χ1n) is 7.74. The van der Waals surface area contributed by atoms with Crippen molar-refractivity contribution in [3.8, 4) is 0 Å². The van der Waals surface area contributed by atoms with Crippen LogP contribution in [0.2, 0.25) is 5.02 Å². The summed E-state index contributed by atoms with van der Waals surface area (Å²) in [6.07, 6.45) is 3.31. The van der Waals surface area contributed by atoms with E-state index in [4.69, 9.17) is 11.6 Å². The molecule has 0 aliphatic carbocycles. The van der Waals surface area contributed by atoms with Crippen molar-refractivity contribution in [3.63, 3.8) is 0 Å². The SMILES string of the molecule is CCCNC(CCc1ccccc1C)c1cccc(Cl)c1. The largest absolute Gasteiger partial charge is 0.310 e. The van der Waals surface area contributed by atoms with Crippen LogP contribution < -0.4 is 5.32 Å². The average Bonchev–Trinajstić information content (AvgIpc) is 2.49. The number of aryl methyl sites for hydroxylation is 2. The number of hydrogen-bond acceptors (Lipinski definition) is 1. The molecule has 1 nitrogen and oxygen atoms in total. The monoisotopic (exact) mass is 301 g/mol. The zero-order valence-corrected chi connectivity index (χ0v) is 13.7. The van der Waals surface area contributed by atoms with Gasteiger partial charge in [-0.05, 0) is 61.6 Å². The Morgan fingerprint density at radius 1 is 1.10 bits per heavy atom. The maximum absolute atomic E-state index is 6.14. The first-order valence-corrected chi connectivity index (χ1v) is 8.12. The maximum Gasteiger partial charge on any atom is 0.0409 e. The Balaban J connectivity index is 2.08. The van der Waals surface area contributed by atoms with Gasteiger partial charge in [-0.3, -0.25) is 0 Å². The third-order valence-electron chi connectivity index (χ3n) is 3.86. The van der Waals surface area contributed by atoms with Gasteiger partial charge in [0.15, 0.2) is 0 Å². The highest BCUT2D eigenvalue weighted by atomic mass is 35.5. The minimum Gasteiger partial charge on any atom is -0.310 e. The van der Waals surface area contributed by atoms with Crippen molar-refractivity contribution >= 4 is 11.6 Å². The van der Waals surface area contributed by atoms with E-state index in [-0.39, 0.29) is 0 Å². The highest BCUT2D eigenvalue weighted by Crippen LogP contribution is 2.23. The van der Waals surface area contributed by atoms with Crippen molar-refractivity contribution < 1.29 is 0 Å². The molecule has 2 aromatic rings. The van der Waals surface area contributed by atoms with Gasteiger partial charge >= 0.3 is 0 Å². The van der Waals surface area contributed by atoms with E-state index in [1.165, 1.54) is 16.7 Å². The van der Waals surface area contributed by atoms with Crippen molar-refractivity contribution in [3.05, 3.63) is 70.2 Å². The molecule has 2 aromatic carbocycles. The fourth-order valence-electron chi connectivity index (χ4n) is 2.62. The van der Waals surface area contributed by atoms with Crippen molar-refractivity contribution in [1.82, 2.24) is 5.32 Å². The Bertz CT molecular complexity index is 565. The van der Waals surface area contributed by atoms with E-state index in [1.807, 2.05) is 12.1 Å². The van der Waals surface area contributed by atoms with E-state index in [0.29, 0.717) is 6.04 Å². The van der Waals surface area contributed by atoms with Crippen LogP contribution in [0.3, 0.4) is 0 Å². The molecule has 0 saturated carbocycles. The van der Waals surface area contributed by atoms with Crippen LogP contribution in [0.25, 0.3) is 0 Å². The molecule has 0 bridgehead atoms. The minimum atomic E-state index is 0.364. The van der Waals surface area contributed by atoms with Gasteiger partial charge in [0, 0.05) is 11.1 Å². The van der Waals surface area contributed by atoms with Gasteiger partial charge in [0.1, 0.15) is 0 Å². The molecule has 0 fully saturated rings. The molecule has 1 atom stereocenters. The van der Waals surface area contributed by atoms with Crippen LogP contribution in [-0.4, -0.2) is 6.54 Å². The number of hydrogen-bond donors (Lipinski definition) is 1. The van der Waals surface area contributed by atoms with Crippen molar-refractivity contribution in [2.45, 2.75) is 39.2 Å². The zero-order valence-electron chi connectivity index (χ0n) is 12.9. The number of nitrogens with one attached hydrogen (secondary N) is 1. The Labute approximate surface area is 133 Å². The van der Waals surface area contributed by atoms with Gasteiger partial charge in [-0.1, -0.05) is 54.9 Å². The molecule has 0 heterocycles. The summed E-state index contributed by atoms with van der Waals surface area (Å²) >= 11 is 6.14. The highest BCUT2D eigenvalue weighted by molar-refractivity contribution is 6.30. The average molecular weight is 302 g/mol. The fraction of sp³-hybridized carbons (Fsp3) is 0.368. The molecule has 0 radical (unpaired) electrons. The smallest absolute Gasteiger partial charge is 0.0409 e. The number of benzene rings is 2. The molecule has 2 rings (SSSR count). The maximum atomic E-state index is 6.14. The van der Waals surface area contributed by atoms with E-state index < -0.39 is 0 Å². The van der Waals surface area contributed by atoms with E-state index in [0.717, 1.165) is 30.8 Å². The lowest BCUT2D eigenvalue weighted by molar-refractivity contribution is 0.499. The van der Waals surface area contributed by atoms with Gasteiger partial charge in [-0.25, -0.2) is 0 Å². The summed E-state index contributed by atoms with van der Waals surface area (Å²) in [4.78, 5) is 0. The van der Waals surface area contributed by atoms with Gasteiger partial charge in [0.25, 0.3) is 0 Å². The van der Waals surface area contributed by atoms with Crippen LogP contribution in [0, 0.1) is 6.92 Å². The van der Waals surface area contributed by atoms with E-state index >= 15 is 0 Å². The second-order valence-electron chi connectivity index (χ2n) is 5.53. The van der Waals surface area contributed by atoms with Crippen LogP contribution in [0.15, 0.2) is 48.5 Å². The third kappa shape index (κ3) is 4.87. The molecule has 112 valence electrons. The summed E-state index contributed by atoms with van der Waals surface area (Å²) in [5, 5.41) is 4.46. The molecule has 0 aliphatic heterocycles. The second-order valence-corrected chi connectivity index (χ2v) is 5.96. The number of rotatable bonds is 7. The normalized spacial score (nSPS) is 12.3. The molecular weight excluding hydrogens is 278 g/mol. The summed E-state index contributed by atoms with van der Waals surface area (Å²) in [6.45, 7) is 5.41. The molecule has 1 N–H and O–H groups in total. The molecule has 0 saturated heterocycles. The van der Waals surface area contributed by atoms with Crippen LogP contribution in [0.4, 0.5) is 0 Å². The topological polar surface area (TPSA) is 12.0 Å². The highest BCUT2D eigenvalue weighted by Gasteiger charge is 2.11. The molecule has 2 heteroatoms. The summed E-state index contributed by atoms with van der Waals surface area (Å²) in [7, 11) is 0. The second kappa shape index (κ2) is 8.21. The lowest BCUT2D eigenvalue weighted by Crippen LogP contribution is -2.22. The van der Waals surface area contributed by atoms with E-state index in [1.54, 1.807) is 0 Å². The third-order valence-corrected chi connectivity index (χ3v) is 4.09. The lowest BCUT2D eigenvalue weighted by atomic mass is 9.97. The Morgan fingerprint density at radius 2 is 1.90 bits per heavy atom. The van der Waals surface area contributed by atoms with Gasteiger partial charge in [0.05, 0.1) is 0 Å². The van der Waals surface area contributed by atoms with Crippen LogP contribution in [0.5, 0.6) is 0 Å². The van der Waals surface area contributed by atoms with Crippen LogP contribution in [0.1, 0.15) is 42.5 Å². The standard InChI is InChI=1S/C19H24ClN/c1-3-13-21-19(17-9-6-10-18(20)14-17)12-11-16-8-5-4-7-15(16)2/h4-10,14,19,21H,3,11-13H2,1-2H3. The predicted molar refractivity (Wildman–Crippen MR) is 92.0 cm³/mol. The summed E-state index contributed by atoms with van der Waals surface area (Å²) < 4.78 is 0. The van der Waals surface area contributed by atoms with Crippen LogP contribution >= 0.6 is 11.6 Å². The van der Waals surface area contributed by atoms with E-state index in [2.05, 4.69) is 55.6 Å². The number of halogens is 1. The van der Waals surface area contributed by atoms with Crippen molar-refractivity contribution in [1.29, 1.82) is 0 Å². The Kier molecular flexibility index (Phi) is 6.28. The summed E-state index contributed by atoms with van der Waals surface area (Å²) in [6, 6.07) is 17.2. The molecule has 0 spiro atoms. The van der Waals surface area contributed by atoms with Gasteiger partial charge in [0.2, 0.25) is 0 Å².